The van der Waals surface area contributed by atoms with Gasteiger partial charge in [0, 0.05) is 12.1 Å². The molecule has 3 rings (SSSR count). The summed E-state index contributed by atoms with van der Waals surface area (Å²) in [4.78, 5) is 12.8. The molecule has 0 aliphatic carbocycles. The van der Waals surface area contributed by atoms with Crippen molar-refractivity contribution >= 4 is 5.91 Å². The maximum atomic E-state index is 12.8. The molecule has 0 atom stereocenters. The molecule has 3 aromatic rings. The summed E-state index contributed by atoms with van der Waals surface area (Å²) in [6.07, 6.45) is 7.28. The highest BCUT2D eigenvalue weighted by Gasteiger charge is 2.24. The lowest BCUT2D eigenvalue weighted by Gasteiger charge is -2.30. The van der Waals surface area contributed by atoms with Crippen molar-refractivity contribution in [3.63, 3.8) is 0 Å². The van der Waals surface area contributed by atoms with Gasteiger partial charge in [0.25, 0.3) is 0 Å². The molecule has 0 aliphatic heterocycles. The molecule has 206 valence electrons. The molecule has 0 aliphatic rings. The Kier molecular flexibility index (Phi) is 10.1. The standard InChI is InChI=1S/C37H47NO/c1-27(24-31-20-21-33(25-29(31)3)37(7,8)23-22-36(4,5)6)18-19-28(2)35(39)38-26-32-16-12-13-17-34(32)30-14-10-9-11-15-30/h9-21,25H,22-24,26H2,1-8H3,(H,38,39)/b27-18+,28-19+. The SMILES string of the molecule is C/C(=C\C=C(/C)C(=O)NCc1ccccc1-c1ccccc1)Cc1ccc(C(C)(C)CCC(C)(C)C)cc1C. The molecule has 0 saturated carbocycles. The summed E-state index contributed by atoms with van der Waals surface area (Å²) >= 11 is 0. The van der Waals surface area contributed by atoms with Crippen LogP contribution in [0.3, 0.4) is 0 Å². The predicted octanol–water partition coefficient (Wildman–Crippen LogP) is 9.52. The zero-order valence-electron chi connectivity index (χ0n) is 25.3. The second-order valence-electron chi connectivity index (χ2n) is 12.8. The first-order valence-electron chi connectivity index (χ1n) is 14.2. The van der Waals surface area contributed by atoms with Gasteiger partial charge in [-0.15, -0.1) is 0 Å². The molecule has 1 N–H and O–H groups in total. The Morgan fingerprint density at radius 3 is 2.13 bits per heavy atom. The lowest BCUT2D eigenvalue weighted by molar-refractivity contribution is -0.117. The molecule has 0 spiro atoms. The number of hydrogen-bond donors (Lipinski definition) is 1. The summed E-state index contributed by atoms with van der Waals surface area (Å²) in [5, 5.41) is 3.09. The first-order chi connectivity index (χ1) is 18.4. The molecule has 1 amide bonds. The molecule has 2 heteroatoms. The zero-order chi connectivity index (χ0) is 28.6. The highest BCUT2D eigenvalue weighted by atomic mass is 16.1. The first kappa shape index (κ1) is 30.2. The average Bonchev–Trinajstić information content (AvgIpc) is 2.90. The zero-order valence-corrected chi connectivity index (χ0v) is 25.3. The molecule has 0 aromatic heterocycles. The van der Waals surface area contributed by atoms with Gasteiger partial charge in [0.15, 0.2) is 0 Å². The molecule has 0 radical (unpaired) electrons. The Balaban J connectivity index is 1.61. The van der Waals surface area contributed by atoms with E-state index in [1.165, 1.54) is 35.1 Å². The molecule has 2 nitrogen and oxygen atoms in total. The van der Waals surface area contributed by atoms with Crippen molar-refractivity contribution in [3.8, 4) is 11.1 Å². The van der Waals surface area contributed by atoms with E-state index in [4.69, 9.17) is 0 Å². The van der Waals surface area contributed by atoms with Crippen LogP contribution in [0.1, 0.15) is 83.6 Å². The third-order valence-corrected chi connectivity index (χ3v) is 7.61. The van der Waals surface area contributed by atoms with Gasteiger partial charge in [-0.3, -0.25) is 4.79 Å². The molecule has 3 aromatic carbocycles. The summed E-state index contributed by atoms with van der Waals surface area (Å²) < 4.78 is 0. The van der Waals surface area contributed by atoms with E-state index in [-0.39, 0.29) is 11.3 Å². The maximum absolute atomic E-state index is 12.8. The van der Waals surface area contributed by atoms with Crippen molar-refractivity contribution < 1.29 is 4.79 Å². The second-order valence-corrected chi connectivity index (χ2v) is 12.8. The van der Waals surface area contributed by atoms with Gasteiger partial charge in [-0.1, -0.05) is 125 Å². The van der Waals surface area contributed by atoms with E-state index < -0.39 is 0 Å². The van der Waals surface area contributed by atoms with Crippen molar-refractivity contribution in [1.29, 1.82) is 0 Å². The number of aryl methyl sites for hydroxylation is 1. The summed E-state index contributed by atoms with van der Waals surface area (Å²) in [5.74, 6) is -0.0417. The number of hydrogen-bond acceptors (Lipinski definition) is 1. The molecular weight excluding hydrogens is 474 g/mol. The molecule has 0 fully saturated rings. The van der Waals surface area contributed by atoms with Crippen LogP contribution in [0.5, 0.6) is 0 Å². The topological polar surface area (TPSA) is 29.1 Å². The molecule has 0 saturated heterocycles. The summed E-state index contributed by atoms with van der Waals surface area (Å²) in [5.41, 5.74) is 9.96. The molecular formula is C37H47NO. The van der Waals surface area contributed by atoms with Crippen LogP contribution in [0, 0.1) is 12.3 Å². The largest absolute Gasteiger partial charge is 0.348 e. The van der Waals surface area contributed by atoms with Gasteiger partial charge >= 0.3 is 0 Å². The van der Waals surface area contributed by atoms with Crippen LogP contribution in [0.25, 0.3) is 11.1 Å². The van der Waals surface area contributed by atoms with Crippen LogP contribution in [0.15, 0.2) is 96.1 Å². The van der Waals surface area contributed by atoms with Crippen molar-refractivity contribution in [2.45, 2.75) is 86.6 Å². The van der Waals surface area contributed by atoms with Gasteiger partial charge < -0.3 is 5.32 Å². The molecule has 0 heterocycles. The predicted molar refractivity (Wildman–Crippen MR) is 168 cm³/mol. The van der Waals surface area contributed by atoms with Gasteiger partial charge in [-0.05, 0) is 84.2 Å². The van der Waals surface area contributed by atoms with E-state index in [9.17, 15) is 4.79 Å². The van der Waals surface area contributed by atoms with Crippen LogP contribution in [0.2, 0.25) is 0 Å². The van der Waals surface area contributed by atoms with E-state index in [0.29, 0.717) is 17.5 Å². The van der Waals surface area contributed by atoms with Crippen LogP contribution in [-0.2, 0) is 23.2 Å². The van der Waals surface area contributed by atoms with Gasteiger partial charge in [-0.2, -0.15) is 0 Å². The maximum Gasteiger partial charge on any atom is 0.247 e. The van der Waals surface area contributed by atoms with E-state index in [2.05, 4.69) is 102 Å². The van der Waals surface area contributed by atoms with Gasteiger partial charge in [0.2, 0.25) is 5.91 Å². The number of nitrogens with one attached hydrogen (secondary N) is 1. The second kappa shape index (κ2) is 13.1. The summed E-state index contributed by atoms with van der Waals surface area (Å²) in [7, 11) is 0. The lowest BCUT2D eigenvalue weighted by atomic mass is 9.75. The number of benzene rings is 3. The van der Waals surface area contributed by atoms with Gasteiger partial charge in [-0.25, -0.2) is 0 Å². The highest BCUT2D eigenvalue weighted by molar-refractivity contribution is 5.93. The van der Waals surface area contributed by atoms with Crippen LogP contribution >= 0.6 is 0 Å². The van der Waals surface area contributed by atoms with Gasteiger partial charge in [0.05, 0.1) is 0 Å². The monoisotopic (exact) mass is 521 g/mol. The third-order valence-electron chi connectivity index (χ3n) is 7.61. The van der Waals surface area contributed by atoms with Crippen LogP contribution in [0.4, 0.5) is 0 Å². The number of amides is 1. The fourth-order valence-corrected chi connectivity index (χ4v) is 4.74. The Morgan fingerprint density at radius 1 is 0.795 bits per heavy atom. The molecule has 39 heavy (non-hydrogen) atoms. The molecule has 0 bridgehead atoms. The van der Waals surface area contributed by atoms with E-state index >= 15 is 0 Å². The fraction of sp³-hybridized carbons (Fsp3) is 0.378. The van der Waals surface area contributed by atoms with Crippen molar-refractivity contribution in [2.24, 2.45) is 5.41 Å². The third kappa shape index (κ3) is 9.10. The first-order valence-corrected chi connectivity index (χ1v) is 14.2. The summed E-state index contributed by atoms with van der Waals surface area (Å²) in [6.45, 7) is 18.4. The fourth-order valence-electron chi connectivity index (χ4n) is 4.74. The number of carbonyl (C=O) groups is 1. The average molecular weight is 522 g/mol. The quantitative estimate of drug-likeness (QED) is 0.209. The van der Waals surface area contributed by atoms with Crippen molar-refractivity contribution in [2.75, 3.05) is 0 Å². The normalized spacial score (nSPS) is 12.9. The summed E-state index contributed by atoms with van der Waals surface area (Å²) in [6, 6.07) is 25.5. The minimum Gasteiger partial charge on any atom is -0.348 e. The number of allylic oxidation sites excluding steroid dienone is 3. The van der Waals surface area contributed by atoms with Crippen molar-refractivity contribution in [1.82, 2.24) is 5.32 Å². The van der Waals surface area contributed by atoms with E-state index in [1.807, 2.05) is 43.3 Å². The van der Waals surface area contributed by atoms with Crippen molar-refractivity contribution in [3.05, 3.63) is 118 Å². The Hall–Kier alpha value is -3.39. The lowest BCUT2D eigenvalue weighted by Crippen LogP contribution is -2.23. The van der Waals surface area contributed by atoms with E-state index in [1.54, 1.807) is 0 Å². The smallest absolute Gasteiger partial charge is 0.247 e. The Bertz CT molecular complexity index is 1320. The van der Waals surface area contributed by atoms with E-state index in [0.717, 1.165) is 23.1 Å². The number of carbonyl (C=O) groups excluding carboxylic acids is 1. The van der Waals surface area contributed by atoms with Gasteiger partial charge in [0.1, 0.15) is 0 Å². The number of rotatable bonds is 10. The minimum atomic E-state index is -0.0417. The Labute approximate surface area is 237 Å². The molecule has 0 unspecified atom stereocenters. The van der Waals surface area contributed by atoms with Crippen LogP contribution in [-0.4, -0.2) is 5.91 Å². The Morgan fingerprint density at radius 2 is 1.46 bits per heavy atom. The van der Waals surface area contributed by atoms with Crippen LogP contribution < -0.4 is 5.32 Å². The minimum absolute atomic E-state index is 0.0417. The highest BCUT2D eigenvalue weighted by Crippen LogP contribution is 2.34.